The highest BCUT2D eigenvalue weighted by Crippen LogP contribution is 2.45. The molecule has 0 bridgehead atoms. The normalized spacial score (nSPS) is 22.3. The molecule has 0 saturated carbocycles. The minimum absolute atomic E-state index is 0.138. The van der Waals surface area contributed by atoms with E-state index in [1.807, 2.05) is 49.4 Å². The lowest BCUT2D eigenvalue weighted by Gasteiger charge is -2.32. The zero-order valence-electron chi connectivity index (χ0n) is 15.6. The van der Waals surface area contributed by atoms with Gasteiger partial charge in [-0.05, 0) is 41.2 Å². The van der Waals surface area contributed by atoms with E-state index in [0.717, 1.165) is 36.5 Å². The van der Waals surface area contributed by atoms with Gasteiger partial charge in [0, 0.05) is 0 Å². The fourth-order valence-electron chi connectivity index (χ4n) is 3.64. The summed E-state index contributed by atoms with van der Waals surface area (Å²) in [5.74, 6) is -1.01. The van der Waals surface area contributed by atoms with Crippen LogP contribution in [0, 0.1) is 0 Å². The van der Waals surface area contributed by atoms with Crippen LogP contribution < -0.4 is 0 Å². The van der Waals surface area contributed by atoms with Gasteiger partial charge in [0.2, 0.25) is 0 Å². The SMILES string of the molecule is CCCCCCC1(F)C(F)=CC=C(c2ccccc2-c2ccccc2)C1F. The van der Waals surface area contributed by atoms with Crippen molar-refractivity contribution in [2.75, 3.05) is 0 Å². The average Bonchev–Trinajstić information content (AvgIpc) is 2.71. The van der Waals surface area contributed by atoms with Crippen molar-refractivity contribution in [3.8, 4) is 11.1 Å². The number of halogens is 3. The second-order valence-corrected chi connectivity index (χ2v) is 7.08. The molecule has 142 valence electrons. The Hall–Kier alpha value is -2.29. The van der Waals surface area contributed by atoms with Gasteiger partial charge < -0.3 is 0 Å². The Morgan fingerprint density at radius 2 is 1.52 bits per heavy atom. The van der Waals surface area contributed by atoms with Gasteiger partial charge in [-0.2, -0.15) is 0 Å². The Morgan fingerprint density at radius 3 is 2.22 bits per heavy atom. The van der Waals surface area contributed by atoms with E-state index < -0.39 is 17.7 Å². The fourth-order valence-corrected chi connectivity index (χ4v) is 3.64. The molecule has 0 nitrogen and oxygen atoms in total. The maximum Gasteiger partial charge on any atom is 0.197 e. The lowest BCUT2D eigenvalue weighted by atomic mass is 9.80. The van der Waals surface area contributed by atoms with Crippen molar-refractivity contribution in [2.45, 2.75) is 50.9 Å². The number of rotatable bonds is 7. The number of hydrogen-bond acceptors (Lipinski definition) is 0. The van der Waals surface area contributed by atoms with Crippen LogP contribution in [0.15, 0.2) is 72.6 Å². The highest BCUT2D eigenvalue weighted by Gasteiger charge is 2.47. The maximum absolute atomic E-state index is 15.4. The Labute approximate surface area is 159 Å². The van der Waals surface area contributed by atoms with Crippen molar-refractivity contribution >= 4 is 5.57 Å². The van der Waals surface area contributed by atoms with E-state index in [4.69, 9.17) is 0 Å². The van der Waals surface area contributed by atoms with Crippen LogP contribution in [0.2, 0.25) is 0 Å². The molecule has 27 heavy (non-hydrogen) atoms. The molecule has 1 aliphatic rings. The molecule has 0 spiro atoms. The topological polar surface area (TPSA) is 0 Å². The molecule has 0 N–H and O–H groups in total. The lowest BCUT2D eigenvalue weighted by Crippen LogP contribution is -2.38. The van der Waals surface area contributed by atoms with Gasteiger partial charge in [0.05, 0.1) is 0 Å². The minimum atomic E-state index is -2.58. The smallest absolute Gasteiger partial charge is 0.197 e. The zero-order valence-corrected chi connectivity index (χ0v) is 15.6. The van der Waals surface area contributed by atoms with Crippen LogP contribution >= 0.6 is 0 Å². The van der Waals surface area contributed by atoms with Gasteiger partial charge in [-0.1, -0.05) is 86.9 Å². The third-order valence-corrected chi connectivity index (χ3v) is 5.20. The predicted octanol–water partition coefficient (Wildman–Crippen LogP) is 7.62. The van der Waals surface area contributed by atoms with Crippen molar-refractivity contribution in [1.29, 1.82) is 0 Å². The van der Waals surface area contributed by atoms with Gasteiger partial charge in [0.15, 0.2) is 11.8 Å². The van der Waals surface area contributed by atoms with Gasteiger partial charge in [-0.15, -0.1) is 0 Å². The molecule has 2 aromatic carbocycles. The fraction of sp³-hybridized carbons (Fsp3) is 0.333. The molecular weight excluding hydrogens is 345 g/mol. The van der Waals surface area contributed by atoms with E-state index in [9.17, 15) is 4.39 Å². The molecule has 0 saturated heterocycles. The van der Waals surface area contributed by atoms with E-state index >= 15 is 8.78 Å². The van der Waals surface area contributed by atoms with E-state index in [2.05, 4.69) is 0 Å². The Bertz CT molecular complexity index is 823. The van der Waals surface area contributed by atoms with Crippen LogP contribution in [0.4, 0.5) is 13.2 Å². The summed E-state index contributed by atoms with van der Waals surface area (Å²) in [5.41, 5.74) is -0.0363. The molecule has 0 heterocycles. The number of allylic oxidation sites excluding steroid dienone is 4. The van der Waals surface area contributed by atoms with Gasteiger partial charge in [-0.3, -0.25) is 0 Å². The first-order valence-corrected chi connectivity index (χ1v) is 9.63. The zero-order chi connectivity index (χ0) is 19.3. The van der Waals surface area contributed by atoms with E-state index in [0.29, 0.717) is 12.0 Å². The number of unbranched alkanes of at least 4 members (excludes halogenated alkanes) is 3. The molecule has 3 rings (SSSR count). The van der Waals surface area contributed by atoms with E-state index in [1.165, 1.54) is 6.08 Å². The van der Waals surface area contributed by atoms with Gasteiger partial charge >= 0.3 is 0 Å². The summed E-state index contributed by atoms with van der Waals surface area (Å²) in [6.45, 7) is 2.05. The summed E-state index contributed by atoms with van der Waals surface area (Å²) in [6.07, 6.45) is 3.50. The Morgan fingerprint density at radius 1 is 0.852 bits per heavy atom. The lowest BCUT2D eigenvalue weighted by molar-refractivity contribution is 0.0808. The van der Waals surface area contributed by atoms with Gasteiger partial charge in [-0.25, -0.2) is 13.2 Å². The second kappa shape index (κ2) is 8.60. The third kappa shape index (κ3) is 4.02. The van der Waals surface area contributed by atoms with Crippen LogP contribution in [0.1, 0.15) is 44.6 Å². The van der Waals surface area contributed by atoms with Crippen LogP contribution in [-0.4, -0.2) is 11.8 Å². The van der Waals surface area contributed by atoms with Crippen LogP contribution in [0.5, 0.6) is 0 Å². The van der Waals surface area contributed by atoms with E-state index in [1.54, 1.807) is 12.1 Å². The van der Waals surface area contributed by atoms with Gasteiger partial charge in [0.25, 0.3) is 0 Å². The maximum atomic E-state index is 15.4. The quantitative estimate of drug-likeness (QED) is 0.440. The predicted molar refractivity (Wildman–Crippen MR) is 107 cm³/mol. The highest BCUT2D eigenvalue weighted by atomic mass is 19.2. The Kier molecular flexibility index (Phi) is 6.20. The minimum Gasteiger partial charge on any atom is -0.238 e. The molecule has 1 aliphatic carbocycles. The number of hydrogen-bond donors (Lipinski definition) is 0. The average molecular weight is 370 g/mol. The van der Waals surface area contributed by atoms with E-state index in [-0.39, 0.29) is 12.0 Å². The molecular formula is C24H25F3. The standard InChI is InChI=1S/C24H25F3/c1-2-3-4-10-17-24(27)22(25)16-15-21(23(24)26)20-14-9-8-13-19(20)18-11-6-5-7-12-18/h5-9,11-16,23H,2-4,10,17H2,1H3. The second-order valence-electron chi connectivity index (χ2n) is 7.08. The summed E-state index contributed by atoms with van der Waals surface area (Å²) in [7, 11) is 0. The first kappa shape index (κ1) is 19.5. The molecule has 2 unspecified atom stereocenters. The molecule has 0 radical (unpaired) electrons. The van der Waals surface area contributed by atoms with Crippen molar-refractivity contribution in [3.05, 3.63) is 78.1 Å². The molecule has 0 aliphatic heterocycles. The van der Waals surface area contributed by atoms with Gasteiger partial charge in [0.1, 0.15) is 5.83 Å². The summed E-state index contributed by atoms with van der Waals surface area (Å²) in [4.78, 5) is 0. The summed E-state index contributed by atoms with van der Waals surface area (Å²) in [6, 6.07) is 16.9. The first-order chi connectivity index (χ1) is 13.1. The Balaban J connectivity index is 1.94. The summed E-state index contributed by atoms with van der Waals surface area (Å²) in [5, 5.41) is 0. The number of alkyl halides is 2. The molecule has 3 heteroatoms. The molecule has 0 amide bonds. The first-order valence-electron chi connectivity index (χ1n) is 9.63. The van der Waals surface area contributed by atoms with Crippen molar-refractivity contribution in [1.82, 2.24) is 0 Å². The number of benzene rings is 2. The third-order valence-electron chi connectivity index (χ3n) is 5.20. The summed E-state index contributed by atoms with van der Waals surface area (Å²) >= 11 is 0. The monoisotopic (exact) mass is 370 g/mol. The molecule has 2 atom stereocenters. The van der Waals surface area contributed by atoms with Crippen molar-refractivity contribution in [2.24, 2.45) is 0 Å². The molecule has 0 aromatic heterocycles. The van der Waals surface area contributed by atoms with Crippen LogP contribution in [0.25, 0.3) is 16.7 Å². The largest absolute Gasteiger partial charge is 0.238 e. The van der Waals surface area contributed by atoms with Crippen LogP contribution in [0.3, 0.4) is 0 Å². The van der Waals surface area contributed by atoms with Crippen molar-refractivity contribution in [3.63, 3.8) is 0 Å². The molecule has 2 aromatic rings. The summed E-state index contributed by atoms with van der Waals surface area (Å²) < 4.78 is 45.0. The van der Waals surface area contributed by atoms with Crippen molar-refractivity contribution < 1.29 is 13.2 Å². The molecule has 0 fully saturated rings. The van der Waals surface area contributed by atoms with Crippen LogP contribution in [-0.2, 0) is 0 Å². The highest BCUT2D eigenvalue weighted by molar-refractivity contribution is 5.85.